The predicted octanol–water partition coefficient (Wildman–Crippen LogP) is 3.17. The highest BCUT2D eigenvalue weighted by molar-refractivity contribution is 5.90. The lowest BCUT2D eigenvalue weighted by Gasteiger charge is -2.17. The molecule has 0 spiro atoms. The zero-order valence-corrected chi connectivity index (χ0v) is 13.6. The molecular formula is C20H20FNO2. The molecule has 0 aromatic heterocycles. The first-order valence-corrected chi connectivity index (χ1v) is 8.13. The minimum Gasteiger partial charge on any atom is -0.355 e. The lowest BCUT2D eigenvalue weighted by molar-refractivity contribution is -0.127. The monoisotopic (exact) mass is 325 g/mol. The Morgan fingerprint density at radius 3 is 2.46 bits per heavy atom. The Labute approximate surface area is 140 Å². The van der Waals surface area contributed by atoms with Crippen molar-refractivity contribution in [1.29, 1.82) is 0 Å². The molecule has 4 heteroatoms. The van der Waals surface area contributed by atoms with Crippen molar-refractivity contribution in [3.05, 3.63) is 71.0 Å². The van der Waals surface area contributed by atoms with Crippen LogP contribution in [0.4, 0.5) is 4.39 Å². The maximum atomic E-state index is 12.9. The summed E-state index contributed by atoms with van der Waals surface area (Å²) in [5.41, 5.74) is 3.02. The first-order chi connectivity index (χ1) is 11.5. The normalized spacial score (nSPS) is 20.0. The van der Waals surface area contributed by atoms with Crippen molar-refractivity contribution in [2.45, 2.75) is 25.7 Å². The molecule has 2 aromatic rings. The molecule has 1 fully saturated rings. The second-order valence-corrected chi connectivity index (χ2v) is 6.41. The number of carbonyl (C=O) groups is 2. The molecular weight excluding hydrogens is 305 g/mol. The lowest BCUT2D eigenvalue weighted by Crippen LogP contribution is -2.23. The van der Waals surface area contributed by atoms with Crippen LogP contribution in [0, 0.1) is 18.7 Å². The van der Waals surface area contributed by atoms with Gasteiger partial charge in [-0.05, 0) is 30.2 Å². The number of Topliss-reactive ketones (excluding diaryl/α,β-unsaturated/α-hetero) is 1. The molecule has 3 nitrogen and oxygen atoms in total. The summed E-state index contributed by atoms with van der Waals surface area (Å²) in [6.45, 7) is 2.59. The first kappa shape index (κ1) is 16.4. The van der Waals surface area contributed by atoms with Gasteiger partial charge in [0.2, 0.25) is 5.91 Å². The van der Waals surface area contributed by atoms with E-state index in [0.717, 1.165) is 11.1 Å². The second kappa shape index (κ2) is 6.95. The number of hydrogen-bond acceptors (Lipinski definition) is 2. The minimum absolute atomic E-state index is 0.000713. The third-order valence-corrected chi connectivity index (χ3v) is 4.59. The van der Waals surface area contributed by atoms with E-state index in [0.29, 0.717) is 6.54 Å². The Balaban J connectivity index is 1.69. The smallest absolute Gasteiger partial charge is 0.224 e. The average molecular weight is 325 g/mol. The first-order valence-electron chi connectivity index (χ1n) is 8.13. The van der Waals surface area contributed by atoms with Crippen LogP contribution in [0.5, 0.6) is 0 Å². The average Bonchev–Trinajstić information content (AvgIpc) is 2.91. The van der Waals surface area contributed by atoms with Gasteiger partial charge in [0.15, 0.2) is 0 Å². The molecule has 24 heavy (non-hydrogen) atoms. The van der Waals surface area contributed by atoms with Crippen LogP contribution in [0.25, 0.3) is 0 Å². The van der Waals surface area contributed by atoms with E-state index in [4.69, 9.17) is 0 Å². The molecule has 0 radical (unpaired) electrons. The Morgan fingerprint density at radius 2 is 1.79 bits per heavy atom. The Morgan fingerprint density at radius 1 is 1.12 bits per heavy atom. The van der Waals surface area contributed by atoms with Gasteiger partial charge in [-0.2, -0.15) is 0 Å². The number of ketones is 1. The van der Waals surface area contributed by atoms with Crippen molar-refractivity contribution >= 4 is 11.7 Å². The Bertz CT molecular complexity index is 737. The topological polar surface area (TPSA) is 46.2 Å². The van der Waals surface area contributed by atoms with Gasteiger partial charge in [0.25, 0.3) is 0 Å². The van der Waals surface area contributed by atoms with Gasteiger partial charge in [0, 0.05) is 25.3 Å². The molecule has 1 aliphatic heterocycles. The summed E-state index contributed by atoms with van der Waals surface area (Å²) in [5, 5.41) is 2.87. The van der Waals surface area contributed by atoms with Crippen LogP contribution < -0.4 is 5.32 Å². The fraction of sp³-hybridized carbons (Fsp3) is 0.300. The molecule has 0 saturated carbocycles. The van der Waals surface area contributed by atoms with E-state index in [-0.39, 0.29) is 42.2 Å². The van der Waals surface area contributed by atoms with E-state index < -0.39 is 0 Å². The maximum absolute atomic E-state index is 12.9. The second-order valence-electron chi connectivity index (χ2n) is 6.41. The van der Waals surface area contributed by atoms with Crippen LogP contribution in [0.2, 0.25) is 0 Å². The number of hydrogen-bond donors (Lipinski definition) is 1. The van der Waals surface area contributed by atoms with Crippen molar-refractivity contribution in [3.63, 3.8) is 0 Å². The molecule has 1 saturated heterocycles. The highest BCUT2D eigenvalue weighted by Gasteiger charge is 2.36. The van der Waals surface area contributed by atoms with Crippen molar-refractivity contribution in [2.24, 2.45) is 5.92 Å². The van der Waals surface area contributed by atoms with Gasteiger partial charge in [0.1, 0.15) is 11.6 Å². The van der Waals surface area contributed by atoms with Crippen molar-refractivity contribution in [1.82, 2.24) is 5.32 Å². The van der Waals surface area contributed by atoms with Crippen LogP contribution >= 0.6 is 0 Å². The van der Waals surface area contributed by atoms with Crippen molar-refractivity contribution in [3.8, 4) is 0 Å². The van der Waals surface area contributed by atoms with Crippen molar-refractivity contribution in [2.75, 3.05) is 6.54 Å². The van der Waals surface area contributed by atoms with E-state index in [2.05, 4.69) is 5.32 Å². The van der Waals surface area contributed by atoms with E-state index in [1.54, 1.807) is 12.1 Å². The summed E-state index contributed by atoms with van der Waals surface area (Å²) in [6, 6.07) is 14.0. The number of amides is 1. The van der Waals surface area contributed by atoms with E-state index in [1.807, 2.05) is 31.2 Å². The fourth-order valence-corrected chi connectivity index (χ4v) is 3.21. The Kier molecular flexibility index (Phi) is 4.74. The standard InChI is InChI=1S/C20H20FNO2/c1-13-2-6-15(7-3-13)19-12-22-20(24)18(19)11-17(23)10-14-4-8-16(21)9-5-14/h2-9,18-19H,10-12H2,1H3,(H,22,24)/t18?,19-/m0/s1. The molecule has 2 atom stereocenters. The van der Waals surface area contributed by atoms with E-state index in [9.17, 15) is 14.0 Å². The lowest BCUT2D eigenvalue weighted by atomic mass is 9.84. The molecule has 124 valence electrons. The highest BCUT2D eigenvalue weighted by atomic mass is 19.1. The molecule has 1 unspecified atom stereocenters. The molecule has 1 N–H and O–H groups in total. The van der Waals surface area contributed by atoms with Crippen LogP contribution in [0.15, 0.2) is 48.5 Å². The quantitative estimate of drug-likeness (QED) is 0.918. The number of benzene rings is 2. The zero-order chi connectivity index (χ0) is 17.1. The van der Waals surface area contributed by atoms with Crippen LogP contribution in [-0.4, -0.2) is 18.2 Å². The maximum Gasteiger partial charge on any atom is 0.224 e. The molecule has 1 heterocycles. The largest absolute Gasteiger partial charge is 0.355 e. The molecule has 0 aliphatic carbocycles. The molecule has 2 aromatic carbocycles. The molecule has 0 bridgehead atoms. The zero-order valence-electron chi connectivity index (χ0n) is 13.6. The van der Waals surface area contributed by atoms with E-state index >= 15 is 0 Å². The van der Waals surface area contributed by atoms with Gasteiger partial charge in [-0.15, -0.1) is 0 Å². The number of rotatable bonds is 5. The third kappa shape index (κ3) is 3.70. The van der Waals surface area contributed by atoms with Crippen LogP contribution in [-0.2, 0) is 16.0 Å². The summed E-state index contributed by atoms with van der Waals surface area (Å²) in [6.07, 6.45) is 0.437. The Hall–Kier alpha value is -2.49. The van der Waals surface area contributed by atoms with Gasteiger partial charge in [-0.3, -0.25) is 9.59 Å². The van der Waals surface area contributed by atoms with Crippen LogP contribution in [0.3, 0.4) is 0 Å². The minimum atomic E-state index is -0.333. The summed E-state index contributed by atoms with van der Waals surface area (Å²) < 4.78 is 12.9. The highest BCUT2D eigenvalue weighted by Crippen LogP contribution is 2.32. The summed E-state index contributed by atoms with van der Waals surface area (Å²) in [5.74, 6) is -0.689. The third-order valence-electron chi connectivity index (χ3n) is 4.59. The van der Waals surface area contributed by atoms with Crippen molar-refractivity contribution < 1.29 is 14.0 Å². The SMILES string of the molecule is Cc1ccc([C@@H]2CNC(=O)C2CC(=O)Cc2ccc(F)cc2)cc1. The summed E-state index contributed by atoms with van der Waals surface area (Å²) >= 11 is 0. The fourth-order valence-electron chi connectivity index (χ4n) is 3.21. The van der Waals surface area contributed by atoms with Gasteiger partial charge in [0.05, 0.1) is 5.92 Å². The number of aryl methyl sites for hydroxylation is 1. The summed E-state index contributed by atoms with van der Waals surface area (Å²) in [7, 11) is 0. The predicted molar refractivity (Wildman–Crippen MR) is 90.1 cm³/mol. The molecule has 1 amide bonds. The molecule has 1 aliphatic rings. The van der Waals surface area contributed by atoms with Gasteiger partial charge < -0.3 is 5.32 Å². The van der Waals surface area contributed by atoms with Crippen LogP contribution in [0.1, 0.15) is 29.0 Å². The molecule has 3 rings (SSSR count). The van der Waals surface area contributed by atoms with Gasteiger partial charge in [-0.25, -0.2) is 4.39 Å². The number of halogens is 1. The van der Waals surface area contributed by atoms with Gasteiger partial charge in [-0.1, -0.05) is 42.0 Å². The van der Waals surface area contributed by atoms with Gasteiger partial charge >= 0.3 is 0 Å². The van der Waals surface area contributed by atoms with E-state index in [1.165, 1.54) is 17.7 Å². The number of nitrogens with one attached hydrogen (secondary N) is 1. The number of carbonyl (C=O) groups excluding carboxylic acids is 2. The summed E-state index contributed by atoms with van der Waals surface area (Å²) in [4.78, 5) is 24.5.